The molecule has 1 aliphatic carbocycles. The number of fused-ring (bicyclic) bond motifs is 1. The van der Waals surface area contributed by atoms with E-state index in [-0.39, 0.29) is 0 Å². The molecule has 0 amide bonds. The minimum Gasteiger partial charge on any atom is -0.358 e. The summed E-state index contributed by atoms with van der Waals surface area (Å²) in [5, 5.41) is 4.62. The first-order valence-electron chi connectivity index (χ1n) is 5.90. The maximum absolute atomic E-state index is 4.61. The maximum Gasteiger partial charge on any atom is 0.184 e. The van der Waals surface area contributed by atoms with Crippen molar-refractivity contribution in [1.29, 1.82) is 0 Å². The Kier molecular flexibility index (Phi) is 2.36. The van der Waals surface area contributed by atoms with Crippen LogP contribution in [0.25, 0.3) is 10.2 Å². The molecule has 2 unspecified atom stereocenters. The van der Waals surface area contributed by atoms with Crippen LogP contribution in [0, 0.1) is 12.8 Å². The second kappa shape index (κ2) is 3.74. The van der Waals surface area contributed by atoms with E-state index in [1.807, 2.05) is 0 Å². The predicted octanol–water partition coefficient (Wildman–Crippen LogP) is 3.82. The van der Waals surface area contributed by atoms with E-state index in [0.29, 0.717) is 6.04 Å². The number of hydrogen-bond donors (Lipinski definition) is 1. The van der Waals surface area contributed by atoms with Crippen molar-refractivity contribution in [2.45, 2.75) is 32.7 Å². The topological polar surface area (TPSA) is 24.9 Å². The molecule has 0 aliphatic heterocycles. The molecule has 2 atom stereocenters. The van der Waals surface area contributed by atoms with Crippen molar-refractivity contribution in [2.24, 2.45) is 5.92 Å². The van der Waals surface area contributed by atoms with Crippen molar-refractivity contribution in [3.8, 4) is 0 Å². The summed E-state index contributed by atoms with van der Waals surface area (Å²) in [6.07, 6.45) is 2.59. The van der Waals surface area contributed by atoms with E-state index in [9.17, 15) is 0 Å². The van der Waals surface area contributed by atoms with Crippen molar-refractivity contribution in [3.05, 3.63) is 23.8 Å². The standard InChI is InChI=1S/C13H16N2S/c1-3-9-7-11(9)15-13-14-10-5-4-8(2)6-12(10)16-13/h4-6,9,11H,3,7H2,1-2H3,(H,14,15). The average molecular weight is 232 g/mol. The van der Waals surface area contributed by atoms with Gasteiger partial charge in [0.05, 0.1) is 10.2 Å². The van der Waals surface area contributed by atoms with Crippen LogP contribution in [0.1, 0.15) is 25.3 Å². The second-order valence-electron chi connectivity index (χ2n) is 4.65. The van der Waals surface area contributed by atoms with Crippen molar-refractivity contribution in [3.63, 3.8) is 0 Å². The van der Waals surface area contributed by atoms with Crippen molar-refractivity contribution < 1.29 is 0 Å². The number of benzene rings is 1. The molecule has 1 N–H and O–H groups in total. The van der Waals surface area contributed by atoms with Crippen LogP contribution in [-0.2, 0) is 0 Å². The highest BCUT2D eigenvalue weighted by Gasteiger charge is 2.35. The zero-order valence-corrected chi connectivity index (χ0v) is 10.5. The summed E-state index contributed by atoms with van der Waals surface area (Å²) in [5.41, 5.74) is 2.42. The molecule has 1 fully saturated rings. The van der Waals surface area contributed by atoms with Gasteiger partial charge in [0.1, 0.15) is 0 Å². The molecule has 2 nitrogen and oxygen atoms in total. The van der Waals surface area contributed by atoms with Crippen LogP contribution in [0.15, 0.2) is 18.2 Å². The van der Waals surface area contributed by atoms with Gasteiger partial charge in [-0.15, -0.1) is 0 Å². The number of aromatic nitrogens is 1. The third-order valence-corrected chi connectivity index (χ3v) is 4.25. The Balaban J connectivity index is 1.83. The molecule has 16 heavy (non-hydrogen) atoms. The van der Waals surface area contributed by atoms with Gasteiger partial charge in [-0.25, -0.2) is 4.98 Å². The van der Waals surface area contributed by atoms with Gasteiger partial charge >= 0.3 is 0 Å². The summed E-state index contributed by atoms with van der Waals surface area (Å²) >= 11 is 1.77. The summed E-state index contributed by atoms with van der Waals surface area (Å²) in [5.74, 6) is 0.869. The first kappa shape index (κ1) is 10.1. The van der Waals surface area contributed by atoms with E-state index in [1.54, 1.807) is 11.3 Å². The number of anilines is 1. The lowest BCUT2D eigenvalue weighted by molar-refractivity contribution is 0.774. The van der Waals surface area contributed by atoms with E-state index in [4.69, 9.17) is 0 Å². The van der Waals surface area contributed by atoms with Gasteiger partial charge in [-0.2, -0.15) is 0 Å². The number of aryl methyl sites for hydroxylation is 1. The second-order valence-corrected chi connectivity index (χ2v) is 5.68. The van der Waals surface area contributed by atoms with Gasteiger partial charge in [-0.05, 0) is 37.0 Å². The Labute approximate surface area is 99.7 Å². The van der Waals surface area contributed by atoms with Gasteiger partial charge in [0.25, 0.3) is 0 Å². The van der Waals surface area contributed by atoms with Crippen molar-refractivity contribution in [2.75, 3.05) is 5.32 Å². The zero-order chi connectivity index (χ0) is 11.1. The van der Waals surface area contributed by atoms with Gasteiger partial charge in [-0.1, -0.05) is 30.7 Å². The number of thiazole rings is 1. The summed E-state index contributed by atoms with van der Waals surface area (Å²) < 4.78 is 1.29. The van der Waals surface area contributed by atoms with E-state index < -0.39 is 0 Å². The average Bonchev–Trinajstić information content (AvgIpc) is 2.88. The van der Waals surface area contributed by atoms with Crippen LogP contribution >= 0.6 is 11.3 Å². The lowest BCUT2D eigenvalue weighted by Gasteiger charge is -1.98. The molecule has 1 saturated carbocycles. The molecule has 1 aromatic heterocycles. The van der Waals surface area contributed by atoms with Gasteiger partial charge in [0.2, 0.25) is 0 Å². The maximum atomic E-state index is 4.61. The Bertz CT molecular complexity index is 518. The smallest absolute Gasteiger partial charge is 0.184 e. The van der Waals surface area contributed by atoms with E-state index in [1.165, 1.54) is 23.1 Å². The summed E-state index contributed by atoms with van der Waals surface area (Å²) in [6.45, 7) is 4.38. The zero-order valence-electron chi connectivity index (χ0n) is 9.66. The SMILES string of the molecule is CCC1CC1Nc1nc2ccc(C)cc2s1. The van der Waals surface area contributed by atoms with Gasteiger partial charge in [0.15, 0.2) is 5.13 Å². The molecule has 1 aromatic carbocycles. The van der Waals surface area contributed by atoms with E-state index in [2.05, 4.69) is 42.3 Å². The van der Waals surface area contributed by atoms with Crippen LogP contribution < -0.4 is 5.32 Å². The minimum atomic E-state index is 0.673. The van der Waals surface area contributed by atoms with Gasteiger partial charge in [-0.3, -0.25) is 0 Å². The lowest BCUT2D eigenvalue weighted by Crippen LogP contribution is -2.03. The van der Waals surface area contributed by atoms with Crippen LogP contribution in [0.5, 0.6) is 0 Å². The molecule has 0 spiro atoms. The number of rotatable bonds is 3. The third-order valence-electron chi connectivity index (χ3n) is 3.30. The Morgan fingerprint density at radius 2 is 2.38 bits per heavy atom. The summed E-state index contributed by atoms with van der Waals surface area (Å²) in [4.78, 5) is 4.61. The first-order valence-corrected chi connectivity index (χ1v) is 6.71. The molecule has 0 radical (unpaired) electrons. The Morgan fingerprint density at radius 3 is 3.12 bits per heavy atom. The molecule has 84 valence electrons. The van der Waals surface area contributed by atoms with Gasteiger partial charge in [0, 0.05) is 6.04 Å². The Hall–Kier alpha value is -1.09. The molecular weight excluding hydrogens is 216 g/mol. The molecule has 1 aliphatic rings. The van der Waals surface area contributed by atoms with Crippen molar-refractivity contribution in [1.82, 2.24) is 4.98 Å². The van der Waals surface area contributed by atoms with Crippen molar-refractivity contribution >= 4 is 26.7 Å². The highest BCUT2D eigenvalue weighted by atomic mass is 32.1. The van der Waals surface area contributed by atoms with E-state index in [0.717, 1.165) is 16.6 Å². The molecule has 0 saturated heterocycles. The van der Waals surface area contributed by atoms with Gasteiger partial charge < -0.3 is 5.32 Å². The molecule has 1 heterocycles. The lowest BCUT2D eigenvalue weighted by atomic mass is 10.2. The molecular formula is C13H16N2S. The fraction of sp³-hybridized carbons (Fsp3) is 0.462. The molecule has 3 heteroatoms. The summed E-state index contributed by atoms with van der Waals surface area (Å²) in [6, 6.07) is 7.11. The normalized spacial score (nSPS) is 23.6. The largest absolute Gasteiger partial charge is 0.358 e. The van der Waals surface area contributed by atoms with E-state index >= 15 is 0 Å². The number of nitrogens with one attached hydrogen (secondary N) is 1. The Morgan fingerprint density at radius 1 is 1.50 bits per heavy atom. The van der Waals surface area contributed by atoms with Crippen LogP contribution in [0.4, 0.5) is 5.13 Å². The number of hydrogen-bond acceptors (Lipinski definition) is 3. The number of nitrogens with zero attached hydrogens (tertiary/aromatic N) is 1. The van der Waals surface area contributed by atoms with Crippen LogP contribution in [-0.4, -0.2) is 11.0 Å². The summed E-state index contributed by atoms with van der Waals surface area (Å²) in [7, 11) is 0. The third kappa shape index (κ3) is 1.80. The minimum absolute atomic E-state index is 0.673. The molecule has 2 aromatic rings. The molecule has 0 bridgehead atoms. The fourth-order valence-corrected chi connectivity index (χ4v) is 3.15. The predicted molar refractivity (Wildman–Crippen MR) is 70.2 cm³/mol. The quantitative estimate of drug-likeness (QED) is 0.870. The van der Waals surface area contributed by atoms with Crippen LogP contribution in [0.3, 0.4) is 0 Å². The van der Waals surface area contributed by atoms with Crippen LogP contribution in [0.2, 0.25) is 0 Å². The highest BCUT2D eigenvalue weighted by molar-refractivity contribution is 7.22. The monoisotopic (exact) mass is 232 g/mol. The molecule has 3 rings (SSSR count). The fourth-order valence-electron chi connectivity index (χ4n) is 2.13. The highest BCUT2D eigenvalue weighted by Crippen LogP contribution is 2.37. The first-order chi connectivity index (χ1) is 7.76.